The number of cyclic esters (lactones) is 1. The van der Waals surface area contributed by atoms with Crippen LogP contribution in [0.3, 0.4) is 0 Å². The lowest BCUT2D eigenvalue weighted by molar-refractivity contribution is -0.294. The molecule has 1 aromatic heterocycles. The van der Waals surface area contributed by atoms with E-state index in [0.29, 0.717) is 24.8 Å². The minimum absolute atomic E-state index is 0.0642. The maximum atomic E-state index is 14.1. The number of ketones is 2. The van der Waals surface area contributed by atoms with Crippen molar-refractivity contribution >= 4 is 23.4 Å². The molecule has 0 spiro atoms. The number of hydrogen-bond donors (Lipinski definition) is 1. The van der Waals surface area contributed by atoms with Gasteiger partial charge in [-0.1, -0.05) is 47.6 Å². The van der Waals surface area contributed by atoms with E-state index in [1.165, 1.54) is 31.1 Å². The molecule has 2 aliphatic heterocycles. The molecule has 11 heteroatoms. The first-order valence-electron chi connectivity index (χ1n) is 16.6. The zero-order chi connectivity index (χ0) is 34.6. The minimum atomic E-state index is -1.20. The Bertz CT molecular complexity index is 1260. The minimum Gasteiger partial charge on any atom is -0.461 e. The molecule has 3 rings (SSSR count). The van der Waals surface area contributed by atoms with Crippen LogP contribution in [0.25, 0.3) is 0 Å². The number of allylic oxidation sites excluding steroid dienone is 1. The first-order valence-corrected chi connectivity index (χ1v) is 16.6. The molecular formula is C35H54N2O9. The highest BCUT2D eigenvalue weighted by Gasteiger charge is 2.49. The highest BCUT2D eigenvalue weighted by atomic mass is 16.7. The molecule has 0 unspecified atom stereocenters. The fourth-order valence-corrected chi connectivity index (χ4v) is 7.09. The number of nitrogens with zero attached hydrogens (tertiary/aromatic N) is 2. The first-order chi connectivity index (χ1) is 21.5. The van der Waals surface area contributed by atoms with Crippen LogP contribution in [0.15, 0.2) is 30.4 Å². The summed E-state index contributed by atoms with van der Waals surface area (Å²) in [4.78, 5) is 59.2. The van der Waals surface area contributed by atoms with Crippen molar-refractivity contribution in [2.24, 2.45) is 29.1 Å². The van der Waals surface area contributed by atoms with Crippen LogP contribution in [0, 0.1) is 29.1 Å². The van der Waals surface area contributed by atoms with E-state index in [0.717, 1.165) is 0 Å². The number of esters is 1. The summed E-state index contributed by atoms with van der Waals surface area (Å²) in [7, 11) is 1.50. The number of aromatic nitrogens is 2. The van der Waals surface area contributed by atoms with Crippen molar-refractivity contribution in [3.8, 4) is 0 Å². The molecule has 1 fully saturated rings. The number of carbonyl (C=O) groups is 4. The third-order valence-corrected chi connectivity index (χ3v) is 10.0. The molecule has 1 aromatic rings. The van der Waals surface area contributed by atoms with Gasteiger partial charge in [-0.2, -0.15) is 0 Å². The molecule has 1 saturated heterocycles. The van der Waals surface area contributed by atoms with Gasteiger partial charge in [-0.05, 0) is 57.9 Å². The van der Waals surface area contributed by atoms with Gasteiger partial charge in [0.1, 0.15) is 24.5 Å². The van der Waals surface area contributed by atoms with Crippen molar-refractivity contribution < 1.29 is 43.2 Å². The third-order valence-electron chi connectivity index (χ3n) is 10.0. The van der Waals surface area contributed by atoms with E-state index in [2.05, 4.69) is 4.98 Å². The van der Waals surface area contributed by atoms with Crippen LogP contribution in [0.2, 0.25) is 0 Å². The third kappa shape index (κ3) is 8.21. The lowest BCUT2D eigenvalue weighted by Crippen LogP contribution is -2.56. The van der Waals surface area contributed by atoms with E-state index in [1.54, 1.807) is 33.0 Å². The van der Waals surface area contributed by atoms with Crippen molar-refractivity contribution in [1.82, 2.24) is 9.55 Å². The van der Waals surface area contributed by atoms with E-state index in [4.69, 9.17) is 18.9 Å². The number of hydrogen-bond acceptors (Lipinski definition) is 10. The first kappa shape index (κ1) is 37.7. The van der Waals surface area contributed by atoms with E-state index in [-0.39, 0.29) is 36.6 Å². The maximum Gasteiger partial charge on any atom is 0.316 e. The summed E-state index contributed by atoms with van der Waals surface area (Å²) in [5.74, 6) is -4.35. The highest BCUT2D eigenvalue weighted by Crippen LogP contribution is 2.40. The zero-order valence-corrected chi connectivity index (χ0v) is 29.1. The Morgan fingerprint density at radius 1 is 1.13 bits per heavy atom. The van der Waals surface area contributed by atoms with Crippen molar-refractivity contribution in [2.45, 2.75) is 131 Å². The Labute approximate surface area is 273 Å². The topological polar surface area (TPSA) is 143 Å². The standard InChI is InChI=1S/C35H54N2O9/c1-11-25-17-34(8,18-27(38)37-14-13-36-19-37)26(12-2)45-32(42)24(7)30(41)23(6)31(35(9,43-10)16-21(4)28(25)39)46-33-29(40)20(3)15-22(5)44-33/h13-14,17,19-24,26,29,31,33,40H,11-12,15-16,18H2,1-10H3/b25-17+/t20-,21+,22+,23-,24+,26+,29+,31+,33-,34+,35-/m0/s1. The van der Waals surface area contributed by atoms with Gasteiger partial charge >= 0.3 is 5.97 Å². The highest BCUT2D eigenvalue weighted by molar-refractivity contribution is 6.00. The van der Waals surface area contributed by atoms with Crippen LogP contribution in [0.1, 0.15) is 99.2 Å². The molecule has 11 nitrogen and oxygen atoms in total. The number of aliphatic hydroxyl groups excluding tert-OH is 1. The van der Waals surface area contributed by atoms with Crippen molar-refractivity contribution in [3.63, 3.8) is 0 Å². The van der Waals surface area contributed by atoms with Gasteiger partial charge in [0.2, 0.25) is 5.91 Å². The molecule has 3 heterocycles. The Morgan fingerprint density at radius 2 is 1.80 bits per heavy atom. The lowest BCUT2D eigenvalue weighted by Gasteiger charge is -2.45. The number of aliphatic hydroxyl groups is 1. The van der Waals surface area contributed by atoms with Gasteiger partial charge in [0.25, 0.3) is 0 Å². The summed E-state index contributed by atoms with van der Waals surface area (Å²) in [6.45, 7) is 16.1. The molecule has 1 N–H and O–H groups in total. The summed E-state index contributed by atoms with van der Waals surface area (Å²) >= 11 is 0. The quantitative estimate of drug-likeness (QED) is 0.319. The fourth-order valence-electron chi connectivity index (χ4n) is 7.09. The number of Topliss-reactive ketones (excluding diaryl/α,β-unsaturated/α-hetero) is 2. The predicted molar refractivity (Wildman–Crippen MR) is 171 cm³/mol. The molecule has 11 atom stereocenters. The van der Waals surface area contributed by atoms with Gasteiger partial charge < -0.3 is 24.1 Å². The second-order valence-corrected chi connectivity index (χ2v) is 13.9. The summed E-state index contributed by atoms with van der Waals surface area (Å²) in [5, 5.41) is 11.0. The smallest absolute Gasteiger partial charge is 0.316 e. The molecule has 46 heavy (non-hydrogen) atoms. The van der Waals surface area contributed by atoms with Gasteiger partial charge in [-0.3, -0.25) is 23.7 Å². The lowest BCUT2D eigenvalue weighted by atomic mass is 9.74. The normalized spacial score (nSPS) is 39.7. The van der Waals surface area contributed by atoms with Crippen LogP contribution in [0.4, 0.5) is 0 Å². The number of rotatable bonds is 7. The van der Waals surface area contributed by atoms with Gasteiger partial charge in [-0.15, -0.1) is 0 Å². The molecule has 258 valence electrons. The van der Waals surface area contributed by atoms with Crippen molar-refractivity contribution in [1.29, 1.82) is 0 Å². The monoisotopic (exact) mass is 646 g/mol. The number of methoxy groups -OCH3 is 1. The van der Waals surface area contributed by atoms with Crippen molar-refractivity contribution in [2.75, 3.05) is 7.11 Å². The number of ether oxygens (including phenoxy) is 4. The number of carbonyl (C=O) groups excluding carboxylic acids is 4. The van der Waals surface area contributed by atoms with E-state index in [1.807, 2.05) is 34.6 Å². The Kier molecular flexibility index (Phi) is 12.7. The summed E-state index contributed by atoms with van der Waals surface area (Å²) in [6.07, 6.45) is 3.75. The summed E-state index contributed by atoms with van der Waals surface area (Å²) in [5.41, 5.74) is -1.76. The van der Waals surface area contributed by atoms with E-state index < -0.39 is 65.1 Å². The van der Waals surface area contributed by atoms with Crippen LogP contribution in [-0.4, -0.2) is 81.5 Å². The van der Waals surface area contributed by atoms with Gasteiger partial charge in [-0.25, -0.2) is 4.98 Å². The molecule has 0 saturated carbocycles. The number of imidazole rings is 1. The predicted octanol–water partition coefficient (Wildman–Crippen LogP) is 4.95. The molecular weight excluding hydrogens is 592 g/mol. The molecule has 0 aromatic carbocycles. The van der Waals surface area contributed by atoms with Crippen LogP contribution < -0.4 is 0 Å². The van der Waals surface area contributed by atoms with E-state index >= 15 is 0 Å². The average molecular weight is 647 g/mol. The molecule has 0 bridgehead atoms. The largest absolute Gasteiger partial charge is 0.461 e. The average Bonchev–Trinajstić information content (AvgIpc) is 3.57. The van der Waals surface area contributed by atoms with Crippen LogP contribution in [-0.2, 0) is 33.3 Å². The Balaban J connectivity index is 2.13. The molecule has 0 aliphatic carbocycles. The van der Waals surface area contributed by atoms with Gasteiger partial charge in [0, 0.05) is 43.2 Å². The van der Waals surface area contributed by atoms with Crippen molar-refractivity contribution in [3.05, 3.63) is 30.4 Å². The summed E-state index contributed by atoms with van der Waals surface area (Å²) < 4.78 is 25.9. The second kappa shape index (κ2) is 15.4. The maximum absolute atomic E-state index is 14.1. The fraction of sp³-hybridized carbons (Fsp3) is 0.743. The zero-order valence-electron chi connectivity index (χ0n) is 29.1. The Hall–Kier alpha value is -2.73. The van der Waals surface area contributed by atoms with Crippen LogP contribution in [0.5, 0.6) is 0 Å². The Morgan fingerprint density at radius 3 is 2.37 bits per heavy atom. The molecule has 0 radical (unpaired) electrons. The van der Waals surface area contributed by atoms with Gasteiger partial charge in [0.15, 0.2) is 17.9 Å². The van der Waals surface area contributed by atoms with Crippen LogP contribution >= 0.6 is 0 Å². The molecule has 0 amide bonds. The van der Waals surface area contributed by atoms with E-state index in [9.17, 15) is 24.3 Å². The SMILES string of the molecule is CC/C1=C\[C@](C)(CC(=O)n2ccnc2)[C@@H](CC)OC(=O)[C@H](C)C(=O)[C@H](C)[C@@H](O[C@@H]2O[C@H](C)C[C@H](C)[C@H]2O)[C@@](C)(OC)C[C@@H](C)C1=O. The molecule has 2 aliphatic rings. The van der Waals surface area contributed by atoms with Gasteiger partial charge in [0.05, 0.1) is 17.8 Å². The summed E-state index contributed by atoms with van der Waals surface area (Å²) in [6, 6.07) is 0. The second-order valence-electron chi connectivity index (χ2n) is 13.9.